The second-order valence-electron chi connectivity index (χ2n) is 4.44. The molecular weight excluding hydrogens is 282 g/mol. The van der Waals surface area contributed by atoms with Crippen LogP contribution >= 0.6 is 0 Å². The number of benzene rings is 1. The fraction of sp³-hybridized carbons (Fsp3) is 0.538. The normalized spacial score (nSPS) is 13.5. The fourth-order valence-electron chi connectivity index (χ4n) is 1.87. The van der Waals surface area contributed by atoms with Gasteiger partial charge < -0.3 is 19.9 Å². The molecule has 6 nitrogen and oxygen atoms in total. The van der Waals surface area contributed by atoms with Crippen LogP contribution in [0.4, 0.5) is 0 Å². The number of fused-ring (bicyclic) bond motifs is 1. The van der Waals surface area contributed by atoms with E-state index in [1.165, 1.54) is 0 Å². The number of ether oxygens (including phenoxy) is 3. The number of hydrogen-bond acceptors (Lipinski definition) is 6. The molecule has 0 radical (unpaired) electrons. The molecule has 1 aliphatic rings. The molecule has 0 saturated heterocycles. The third-order valence-electron chi connectivity index (χ3n) is 3.06. The summed E-state index contributed by atoms with van der Waals surface area (Å²) in [7, 11) is -3.03. The van der Waals surface area contributed by atoms with E-state index in [1.807, 2.05) is 6.07 Å². The van der Waals surface area contributed by atoms with E-state index in [0.717, 1.165) is 5.56 Å². The maximum atomic E-state index is 11.4. The Labute approximate surface area is 118 Å². The highest BCUT2D eigenvalue weighted by molar-refractivity contribution is 7.91. The van der Waals surface area contributed by atoms with E-state index < -0.39 is 9.84 Å². The van der Waals surface area contributed by atoms with E-state index in [1.54, 1.807) is 13.0 Å². The molecule has 0 amide bonds. The molecule has 1 aromatic carbocycles. The molecule has 7 heteroatoms. The van der Waals surface area contributed by atoms with Crippen LogP contribution in [0.25, 0.3) is 0 Å². The second kappa shape index (κ2) is 6.32. The molecule has 112 valence electrons. The second-order valence-corrected chi connectivity index (χ2v) is 6.91. The molecule has 0 bridgehead atoms. The zero-order chi connectivity index (χ0) is 14.6. The first-order chi connectivity index (χ1) is 9.55. The number of rotatable bonds is 7. The van der Waals surface area contributed by atoms with Gasteiger partial charge in [0.05, 0.1) is 5.75 Å². The molecule has 20 heavy (non-hydrogen) atoms. The van der Waals surface area contributed by atoms with Crippen molar-refractivity contribution in [1.29, 1.82) is 0 Å². The molecule has 2 rings (SSSR count). The highest BCUT2D eigenvalue weighted by Gasteiger charge is 2.18. The zero-order valence-corrected chi connectivity index (χ0v) is 12.2. The predicted molar refractivity (Wildman–Crippen MR) is 75.1 cm³/mol. The number of sulfone groups is 1. The van der Waals surface area contributed by atoms with Gasteiger partial charge >= 0.3 is 0 Å². The van der Waals surface area contributed by atoms with Gasteiger partial charge in [-0.05, 0) is 24.6 Å². The average Bonchev–Trinajstić information content (AvgIpc) is 2.86. The summed E-state index contributed by atoms with van der Waals surface area (Å²) in [6, 6.07) is 3.56. The van der Waals surface area contributed by atoms with E-state index >= 15 is 0 Å². The van der Waals surface area contributed by atoms with Gasteiger partial charge in [-0.3, -0.25) is 0 Å². The fourth-order valence-corrected chi connectivity index (χ4v) is 2.50. The first-order valence-corrected chi connectivity index (χ1v) is 8.33. The van der Waals surface area contributed by atoms with Crippen LogP contribution in [0.1, 0.15) is 12.5 Å². The molecule has 1 heterocycles. The Morgan fingerprint density at radius 3 is 2.65 bits per heavy atom. The summed E-state index contributed by atoms with van der Waals surface area (Å²) in [5.41, 5.74) is 6.46. The van der Waals surface area contributed by atoms with Crippen LogP contribution in [0.2, 0.25) is 0 Å². The monoisotopic (exact) mass is 301 g/mol. The van der Waals surface area contributed by atoms with Crippen LogP contribution in [0.15, 0.2) is 12.1 Å². The molecule has 1 aromatic rings. The Bertz CT molecular complexity index is 570. The number of nitrogens with two attached hydrogens (primary N) is 1. The molecule has 0 spiro atoms. The van der Waals surface area contributed by atoms with Gasteiger partial charge in [0, 0.05) is 11.8 Å². The quantitative estimate of drug-likeness (QED) is 0.799. The van der Waals surface area contributed by atoms with Crippen molar-refractivity contribution in [2.24, 2.45) is 5.73 Å². The largest absolute Gasteiger partial charge is 0.492 e. The highest BCUT2D eigenvalue weighted by Crippen LogP contribution is 2.38. The Balaban J connectivity index is 2.10. The van der Waals surface area contributed by atoms with Gasteiger partial charge in [0.2, 0.25) is 6.79 Å². The van der Waals surface area contributed by atoms with Gasteiger partial charge in [-0.1, -0.05) is 6.92 Å². The summed E-state index contributed by atoms with van der Waals surface area (Å²) in [4.78, 5) is 0. The van der Waals surface area contributed by atoms with Crippen molar-refractivity contribution < 1.29 is 22.6 Å². The smallest absolute Gasteiger partial charge is 0.231 e. The van der Waals surface area contributed by atoms with Gasteiger partial charge in [0.15, 0.2) is 21.3 Å². The van der Waals surface area contributed by atoms with Crippen LogP contribution in [0.5, 0.6) is 17.2 Å². The first-order valence-electron chi connectivity index (χ1n) is 6.51. The molecule has 2 N–H and O–H groups in total. The summed E-state index contributed by atoms with van der Waals surface area (Å²) in [5.74, 6) is 2.00. The third kappa shape index (κ3) is 3.55. The molecule has 0 unspecified atom stereocenters. The van der Waals surface area contributed by atoms with Crippen molar-refractivity contribution in [2.75, 3.05) is 31.5 Å². The lowest BCUT2D eigenvalue weighted by atomic mass is 10.1. The predicted octanol–water partition coefficient (Wildman–Crippen LogP) is 0.730. The Morgan fingerprint density at radius 1 is 1.30 bits per heavy atom. The molecule has 0 aliphatic carbocycles. The van der Waals surface area contributed by atoms with Gasteiger partial charge in [-0.15, -0.1) is 0 Å². The topological polar surface area (TPSA) is 87.9 Å². The highest BCUT2D eigenvalue weighted by atomic mass is 32.2. The molecule has 0 saturated carbocycles. The summed E-state index contributed by atoms with van der Waals surface area (Å²) in [5, 5.41) is 0. The molecular formula is C13H19NO5S. The molecule has 1 aliphatic heterocycles. The summed E-state index contributed by atoms with van der Waals surface area (Å²) >= 11 is 0. The lowest BCUT2D eigenvalue weighted by molar-refractivity contribution is 0.173. The third-order valence-corrected chi connectivity index (χ3v) is 4.73. The van der Waals surface area contributed by atoms with Crippen molar-refractivity contribution in [3.05, 3.63) is 17.7 Å². The SMILES string of the molecule is CCS(=O)(=O)CCOc1cc2c(cc1CCN)OCO2. The van der Waals surface area contributed by atoms with Crippen LogP contribution in [0.3, 0.4) is 0 Å². The van der Waals surface area contributed by atoms with E-state index in [9.17, 15) is 8.42 Å². The maximum absolute atomic E-state index is 11.4. The van der Waals surface area contributed by atoms with Gasteiger partial charge in [0.1, 0.15) is 12.4 Å². The zero-order valence-electron chi connectivity index (χ0n) is 11.4. The van der Waals surface area contributed by atoms with Crippen molar-refractivity contribution in [3.8, 4) is 17.2 Å². The van der Waals surface area contributed by atoms with Crippen LogP contribution in [-0.4, -0.2) is 39.9 Å². The first kappa shape index (κ1) is 14.9. The Hall–Kier alpha value is -1.47. The molecule has 0 fully saturated rings. The van der Waals surface area contributed by atoms with Gasteiger partial charge in [-0.25, -0.2) is 8.42 Å². The van der Waals surface area contributed by atoms with E-state index in [2.05, 4.69) is 0 Å². The minimum Gasteiger partial charge on any atom is -0.492 e. The number of hydrogen-bond donors (Lipinski definition) is 1. The molecule has 0 aromatic heterocycles. The van der Waals surface area contributed by atoms with Crippen molar-refractivity contribution in [2.45, 2.75) is 13.3 Å². The van der Waals surface area contributed by atoms with Crippen LogP contribution < -0.4 is 19.9 Å². The minimum absolute atomic E-state index is 0.00000685. The lowest BCUT2D eigenvalue weighted by Crippen LogP contribution is -2.16. The van der Waals surface area contributed by atoms with Crippen molar-refractivity contribution in [3.63, 3.8) is 0 Å². The van der Waals surface area contributed by atoms with E-state index in [4.69, 9.17) is 19.9 Å². The van der Waals surface area contributed by atoms with Gasteiger partial charge in [-0.2, -0.15) is 0 Å². The summed E-state index contributed by atoms with van der Waals surface area (Å²) in [6.07, 6.45) is 0.631. The van der Waals surface area contributed by atoms with Crippen LogP contribution in [-0.2, 0) is 16.3 Å². The average molecular weight is 301 g/mol. The lowest BCUT2D eigenvalue weighted by Gasteiger charge is -2.12. The maximum Gasteiger partial charge on any atom is 0.231 e. The minimum atomic E-state index is -3.03. The van der Waals surface area contributed by atoms with Crippen molar-refractivity contribution in [1.82, 2.24) is 0 Å². The van der Waals surface area contributed by atoms with Crippen molar-refractivity contribution >= 4 is 9.84 Å². The molecule has 0 atom stereocenters. The van der Waals surface area contributed by atoms with E-state index in [0.29, 0.717) is 30.2 Å². The van der Waals surface area contributed by atoms with E-state index in [-0.39, 0.29) is 24.9 Å². The Morgan fingerprint density at radius 2 is 2.00 bits per heavy atom. The standard InChI is InChI=1S/C13H19NO5S/c1-2-20(15,16)6-5-17-11-8-13-12(18-9-19-13)7-10(11)3-4-14/h7-8H,2-6,9,14H2,1H3. The Kier molecular flexibility index (Phi) is 4.72. The summed E-state index contributed by atoms with van der Waals surface area (Å²) in [6.45, 7) is 2.40. The van der Waals surface area contributed by atoms with Crippen LogP contribution in [0, 0.1) is 0 Å². The summed E-state index contributed by atoms with van der Waals surface area (Å²) < 4.78 is 39.1. The van der Waals surface area contributed by atoms with Gasteiger partial charge in [0.25, 0.3) is 0 Å².